The van der Waals surface area contributed by atoms with Crippen molar-refractivity contribution in [1.29, 1.82) is 0 Å². The zero-order valence-electron chi connectivity index (χ0n) is 12.8. The zero-order chi connectivity index (χ0) is 16.8. The summed E-state index contributed by atoms with van der Waals surface area (Å²) in [5, 5.41) is 16.9. The predicted molar refractivity (Wildman–Crippen MR) is 96.0 cm³/mol. The number of benzene rings is 1. The van der Waals surface area contributed by atoms with Crippen LogP contribution in [0.25, 0.3) is 11.1 Å². The highest BCUT2D eigenvalue weighted by Gasteiger charge is 2.14. The van der Waals surface area contributed by atoms with Gasteiger partial charge in [0, 0.05) is 23.0 Å². The Labute approximate surface area is 144 Å². The van der Waals surface area contributed by atoms with E-state index < -0.39 is 6.04 Å². The number of aliphatic hydroxyl groups is 1. The largest absolute Gasteiger partial charge is 0.394 e. The molecule has 1 aromatic carbocycles. The lowest BCUT2D eigenvalue weighted by Gasteiger charge is -2.15. The average Bonchev–Trinajstić information content (AvgIpc) is 3.15. The van der Waals surface area contributed by atoms with Crippen molar-refractivity contribution in [3.63, 3.8) is 0 Å². The van der Waals surface area contributed by atoms with Crippen molar-refractivity contribution in [1.82, 2.24) is 10.3 Å². The van der Waals surface area contributed by atoms with Gasteiger partial charge in [-0.3, -0.25) is 4.98 Å². The second-order valence-electron chi connectivity index (χ2n) is 5.16. The molecule has 0 unspecified atom stereocenters. The Balaban J connectivity index is 1.62. The van der Waals surface area contributed by atoms with Crippen molar-refractivity contribution in [2.75, 3.05) is 11.9 Å². The molecule has 0 spiro atoms. The number of nitrogens with zero attached hydrogens (tertiary/aromatic N) is 1. The van der Waals surface area contributed by atoms with E-state index in [0.29, 0.717) is 5.69 Å². The molecule has 122 valence electrons. The molecule has 0 saturated carbocycles. The molecule has 2 amide bonds. The van der Waals surface area contributed by atoms with Crippen LogP contribution in [0.15, 0.2) is 66.3 Å². The van der Waals surface area contributed by atoms with Crippen molar-refractivity contribution in [3.05, 3.63) is 71.2 Å². The third-order valence-corrected chi connectivity index (χ3v) is 4.52. The van der Waals surface area contributed by atoms with E-state index in [4.69, 9.17) is 0 Å². The molecule has 0 fully saturated rings. The van der Waals surface area contributed by atoms with Gasteiger partial charge in [0.1, 0.15) is 0 Å². The Morgan fingerprint density at radius 3 is 2.42 bits per heavy atom. The lowest BCUT2D eigenvalue weighted by Crippen LogP contribution is -2.33. The molecule has 0 aliphatic heterocycles. The number of urea groups is 1. The minimum Gasteiger partial charge on any atom is -0.394 e. The summed E-state index contributed by atoms with van der Waals surface area (Å²) in [6.07, 6.45) is 3.49. The molecule has 2 heterocycles. The molecule has 0 aliphatic carbocycles. The van der Waals surface area contributed by atoms with Crippen LogP contribution in [0, 0.1) is 0 Å². The molecular weight excluding hydrogens is 322 g/mol. The first-order valence-corrected chi connectivity index (χ1v) is 8.36. The average molecular weight is 339 g/mol. The molecule has 1 atom stereocenters. The van der Waals surface area contributed by atoms with Crippen molar-refractivity contribution in [2.45, 2.75) is 6.04 Å². The van der Waals surface area contributed by atoms with Crippen LogP contribution in [0.3, 0.4) is 0 Å². The Kier molecular flexibility index (Phi) is 5.20. The van der Waals surface area contributed by atoms with Crippen LogP contribution >= 0.6 is 11.3 Å². The predicted octanol–water partition coefficient (Wildman–Crippen LogP) is 3.67. The van der Waals surface area contributed by atoms with Crippen LogP contribution in [0.2, 0.25) is 0 Å². The van der Waals surface area contributed by atoms with Crippen LogP contribution in [0.5, 0.6) is 0 Å². The topological polar surface area (TPSA) is 74.2 Å². The van der Waals surface area contributed by atoms with Gasteiger partial charge in [0.25, 0.3) is 0 Å². The molecule has 5 nitrogen and oxygen atoms in total. The first kappa shape index (κ1) is 16.2. The van der Waals surface area contributed by atoms with E-state index in [0.717, 1.165) is 16.0 Å². The van der Waals surface area contributed by atoms with E-state index >= 15 is 0 Å². The van der Waals surface area contributed by atoms with Gasteiger partial charge in [0.2, 0.25) is 0 Å². The number of amides is 2. The maximum absolute atomic E-state index is 12.1. The fourth-order valence-electron chi connectivity index (χ4n) is 2.31. The number of pyridine rings is 1. The van der Waals surface area contributed by atoms with Gasteiger partial charge in [-0.2, -0.15) is 0 Å². The van der Waals surface area contributed by atoms with Crippen LogP contribution in [-0.2, 0) is 0 Å². The third-order valence-electron chi connectivity index (χ3n) is 3.53. The highest BCUT2D eigenvalue weighted by Crippen LogP contribution is 2.21. The molecule has 0 bridgehead atoms. The smallest absolute Gasteiger partial charge is 0.319 e. The van der Waals surface area contributed by atoms with Gasteiger partial charge in [0.05, 0.1) is 12.6 Å². The van der Waals surface area contributed by atoms with Crippen LogP contribution < -0.4 is 10.6 Å². The highest BCUT2D eigenvalue weighted by molar-refractivity contribution is 7.10. The van der Waals surface area contributed by atoms with Gasteiger partial charge in [-0.05, 0) is 46.8 Å². The lowest BCUT2D eigenvalue weighted by atomic mass is 10.1. The number of carbonyl (C=O) groups is 1. The van der Waals surface area contributed by atoms with Crippen LogP contribution in [0.4, 0.5) is 10.5 Å². The Morgan fingerprint density at radius 1 is 1.08 bits per heavy atom. The molecule has 3 N–H and O–H groups in total. The Morgan fingerprint density at radius 2 is 1.79 bits per heavy atom. The molecule has 2 aromatic heterocycles. The zero-order valence-corrected chi connectivity index (χ0v) is 13.7. The van der Waals surface area contributed by atoms with Crippen molar-refractivity contribution in [3.8, 4) is 11.1 Å². The van der Waals surface area contributed by atoms with Gasteiger partial charge >= 0.3 is 6.03 Å². The van der Waals surface area contributed by atoms with E-state index in [-0.39, 0.29) is 12.6 Å². The summed E-state index contributed by atoms with van der Waals surface area (Å²) in [7, 11) is 0. The van der Waals surface area contributed by atoms with Gasteiger partial charge in [-0.15, -0.1) is 11.3 Å². The van der Waals surface area contributed by atoms with E-state index in [9.17, 15) is 9.90 Å². The van der Waals surface area contributed by atoms with Crippen molar-refractivity contribution < 1.29 is 9.90 Å². The third kappa shape index (κ3) is 3.98. The van der Waals surface area contributed by atoms with Crippen LogP contribution in [0.1, 0.15) is 10.9 Å². The van der Waals surface area contributed by atoms with Gasteiger partial charge < -0.3 is 15.7 Å². The van der Waals surface area contributed by atoms with Gasteiger partial charge in [0.15, 0.2) is 0 Å². The summed E-state index contributed by atoms with van der Waals surface area (Å²) < 4.78 is 0. The number of aromatic nitrogens is 1. The first-order valence-electron chi connectivity index (χ1n) is 7.48. The van der Waals surface area contributed by atoms with Crippen LogP contribution in [-0.4, -0.2) is 22.7 Å². The summed E-state index contributed by atoms with van der Waals surface area (Å²) in [6.45, 7) is -0.144. The minimum absolute atomic E-state index is 0.144. The maximum Gasteiger partial charge on any atom is 0.319 e. The highest BCUT2D eigenvalue weighted by atomic mass is 32.1. The number of hydrogen-bond acceptors (Lipinski definition) is 4. The number of hydrogen-bond donors (Lipinski definition) is 3. The van der Waals surface area contributed by atoms with Gasteiger partial charge in [-0.1, -0.05) is 18.2 Å². The fourth-order valence-corrected chi connectivity index (χ4v) is 3.08. The molecule has 0 radical (unpaired) electrons. The molecule has 3 rings (SSSR count). The van der Waals surface area contributed by atoms with Crippen molar-refractivity contribution in [2.24, 2.45) is 0 Å². The number of rotatable bonds is 5. The number of nitrogens with one attached hydrogen (secondary N) is 2. The summed E-state index contributed by atoms with van der Waals surface area (Å²) in [4.78, 5) is 17.0. The monoisotopic (exact) mass is 339 g/mol. The molecule has 0 saturated heterocycles. The van der Waals surface area contributed by atoms with Gasteiger partial charge in [-0.25, -0.2) is 4.79 Å². The fraction of sp³-hybridized carbons (Fsp3) is 0.111. The molecule has 3 aromatic rings. The Hall–Kier alpha value is -2.70. The lowest BCUT2D eigenvalue weighted by molar-refractivity contribution is 0.226. The summed E-state index contributed by atoms with van der Waals surface area (Å²) in [6, 6.07) is 14.4. The minimum atomic E-state index is -0.402. The maximum atomic E-state index is 12.1. The molecular formula is C18H17N3O2S. The normalized spacial score (nSPS) is 11.7. The SMILES string of the molecule is O=C(Nc1ccc(-c2ccncc2)cc1)N[C@@H](CO)c1cccs1. The number of aliphatic hydroxyl groups excluding tert-OH is 1. The first-order chi connectivity index (χ1) is 11.8. The summed E-state index contributed by atoms with van der Waals surface area (Å²) in [5.41, 5.74) is 2.81. The Bertz CT molecular complexity index is 774. The van der Waals surface area contributed by atoms with E-state index in [1.54, 1.807) is 12.4 Å². The molecule has 0 aliphatic rings. The second-order valence-corrected chi connectivity index (χ2v) is 6.14. The number of thiophene rings is 1. The van der Waals surface area contributed by atoms with E-state index in [1.807, 2.05) is 53.9 Å². The molecule has 6 heteroatoms. The van der Waals surface area contributed by atoms with E-state index in [2.05, 4.69) is 15.6 Å². The second kappa shape index (κ2) is 7.72. The standard InChI is InChI=1S/C18H17N3O2S/c22-12-16(17-2-1-11-24-17)21-18(23)20-15-5-3-13(4-6-15)14-7-9-19-10-8-14/h1-11,16,22H,12H2,(H2,20,21,23)/t16-/m0/s1. The number of carbonyl (C=O) groups excluding carboxylic acids is 1. The number of anilines is 1. The summed E-state index contributed by atoms with van der Waals surface area (Å²) >= 11 is 1.50. The molecule has 24 heavy (non-hydrogen) atoms. The quantitative estimate of drug-likeness (QED) is 0.664. The summed E-state index contributed by atoms with van der Waals surface area (Å²) in [5.74, 6) is 0. The van der Waals surface area contributed by atoms with Crippen molar-refractivity contribution >= 4 is 23.1 Å². The van der Waals surface area contributed by atoms with E-state index in [1.165, 1.54) is 11.3 Å².